The quantitative estimate of drug-likeness (QED) is 0.396. The highest BCUT2D eigenvalue weighted by atomic mass is 16.5. The van der Waals surface area contributed by atoms with Gasteiger partial charge in [-0.3, -0.25) is 9.59 Å². The van der Waals surface area contributed by atoms with E-state index in [1.807, 2.05) is 27.7 Å². The molecule has 0 aromatic carbocycles. The summed E-state index contributed by atoms with van der Waals surface area (Å²) in [5.74, 6) is -0.113. The topological polar surface area (TPSA) is 43.4 Å². The van der Waals surface area contributed by atoms with Crippen LogP contribution in [-0.2, 0) is 14.3 Å². The van der Waals surface area contributed by atoms with Gasteiger partial charge in [-0.25, -0.2) is 0 Å². The lowest BCUT2D eigenvalue weighted by Crippen LogP contribution is -2.21. The average Bonchev–Trinajstić information content (AvgIpc) is 2.26. The molecule has 0 aliphatic heterocycles. The molecule has 0 amide bonds. The van der Waals surface area contributed by atoms with Crippen molar-refractivity contribution in [3.63, 3.8) is 0 Å². The molecule has 2 atom stereocenters. The first-order valence-corrected chi connectivity index (χ1v) is 6.68. The first-order chi connectivity index (χ1) is 8.27. The van der Waals surface area contributed by atoms with Crippen molar-refractivity contribution in [2.75, 3.05) is 0 Å². The van der Waals surface area contributed by atoms with Gasteiger partial charge in [-0.2, -0.15) is 0 Å². The van der Waals surface area contributed by atoms with E-state index in [4.69, 9.17) is 4.74 Å². The van der Waals surface area contributed by atoms with Crippen molar-refractivity contribution in [1.29, 1.82) is 0 Å². The average molecular weight is 254 g/mol. The third-order valence-corrected chi connectivity index (χ3v) is 3.03. The van der Waals surface area contributed by atoms with Crippen LogP contribution in [0.4, 0.5) is 0 Å². The molecule has 0 radical (unpaired) electrons. The molecule has 0 saturated carbocycles. The maximum absolute atomic E-state index is 11.6. The van der Waals surface area contributed by atoms with E-state index in [0.29, 0.717) is 5.92 Å². The third kappa shape index (κ3) is 6.58. The molecule has 18 heavy (non-hydrogen) atoms. The second kappa shape index (κ2) is 8.06. The van der Waals surface area contributed by atoms with Crippen LogP contribution in [-0.4, -0.2) is 17.9 Å². The van der Waals surface area contributed by atoms with Gasteiger partial charge in [0.25, 0.3) is 0 Å². The lowest BCUT2D eigenvalue weighted by molar-refractivity contribution is -0.149. The zero-order valence-corrected chi connectivity index (χ0v) is 12.4. The van der Waals surface area contributed by atoms with Gasteiger partial charge < -0.3 is 4.74 Å². The normalized spacial score (nSPS) is 15.4. The van der Waals surface area contributed by atoms with E-state index < -0.39 is 5.97 Å². The van der Waals surface area contributed by atoms with E-state index in [1.165, 1.54) is 0 Å². The summed E-state index contributed by atoms with van der Waals surface area (Å²) in [6, 6.07) is 0. The maximum Gasteiger partial charge on any atom is 0.313 e. The Hall–Kier alpha value is -1.12. The Morgan fingerprint density at radius 1 is 1.17 bits per heavy atom. The second-order valence-electron chi connectivity index (χ2n) is 5.24. The molecule has 0 spiro atoms. The molecule has 0 aromatic rings. The molecule has 0 N–H and O–H groups in total. The van der Waals surface area contributed by atoms with Gasteiger partial charge in [0.1, 0.15) is 18.3 Å². The van der Waals surface area contributed by atoms with Crippen molar-refractivity contribution in [2.24, 2.45) is 11.8 Å². The highest BCUT2D eigenvalue weighted by Gasteiger charge is 2.18. The van der Waals surface area contributed by atoms with Crippen LogP contribution in [0.25, 0.3) is 0 Å². The zero-order valence-electron chi connectivity index (χ0n) is 12.4. The fraction of sp³-hybridized carbons (Fsp3) is 0.733. The lowest BCUT2D eigenvalue weighted by Gasteiger charge is -2.15. The lowest BCUT2D eigenvalue weighted by atomic mass is 10.0. The number of ketones is 1. The summed E-state index contributed by atoms with van der Waals surface area (Å²) >= 11 is 0. The van der Waals surface area contributed by atoms with Gasteiger partial charge in [0.05, 0.1) is 0 Å². The van der Waals surface area contributed by atoms with Gasteiger partial charge in [0, 0.05) is 5.92 Å². The fourth-order valence-electron chi connectivity index (χ4n) is 1.54. The minimum atomic E-state index is -0.427. The first kappa shape index (κ1) is 16.9. The Morgan fingerprint density at radius 3 is 2.17 bits per heavy atom. The Balaban J connectivity index is 4.29. The van der Waals surface area contributed by atoms with Crippen molar-refractivity contribution in [1.82, 2.24) is 0 Å². The molecule has 0 aromatic heterocycles. The Bertz CT molecular complexity index is 316. The second-order valence-corrected chi connectivity index (χ2v) is 5.24. The number of allylic oxidation sites excluding steroid dienone is 1. The van der Waals surface area contributed by atoms with Gasteiger partial charge in [-0.15, -0.1) is 0 Å². The molecule has 2 unspecified atom stereocenters. The molecule has 0 aliphatic carbocycles. The summed E-state index contributed by atoms with van der Waals surface area (Å²) < 4.78 is 5.25. The molecule has 3 nitrogen and oxygen atoms in total. The van der Waals surface area contributed by atoms with Gasteiger partial charge in [0.15, 0.2) is 0 Å². The number of hydrogen-bond acceptors (Lipinski definition) is 3. The molecule has 0 rings (SSSR count). The summed E-state index contributed by atoms with van der Waals surface area (Å²) in [7, 11) is 0. The predicted molar refractivity (Wildman–Crippen MR) is 73.2 cm³/mol. The SMILES string of the molecule is CCC(C)C(=O)CC(=O)OC(C)/C(C)=C/C(C)C. The van der Waals surface area contributed by atoms with Crippen molar-refractivity contribution in [3.8, 4) is 0 Å². The molecular weight excluding hydrogens is 228 g/mol. The molecule has 0 bridgehead atoms. The first-order valence-electron chi connectivity index (χ1n) is 6.68. The van der Waals surface area contributed by atoms with Crippen LogP contribution in [0.2, 0.25) is 0 Å². The minimum absolute atomic E-state index is 0.0415. The van der Waals surface area contributed by atoms with E-state index in [-0.39, 0.29) is 24.2 Å². The van der Waals surface area contributed by atoms with Crippen molar-refractivity contribution in [3.05, 3.63) is 11.6 Å². The van der Waals surface area contributed by atoms with E-state index in [9.17, 15) is 9.59 Å². The van der Waals surface area contributed by atoms with Gasteiger partial charge in [0.2, 0.25) is 0 Å². The van der Waals surface area contributed by atoms with Crippen LogP contribution in [0.5, 0.6) is 0 Å². The van der Waals surface area contributed by atoms with E-state index >= 15 is 0 Å². The summed E-state index contributed by atoms with van der Waals surface area (Å²) in [5, 5.41) is 0. The molecule has 0 fully saturated rings. The number of esters is 1. The highest BCUT2D eigenvalue weighted by molar-refractivity contribution is 5.96. The molecule has 104 valence electrons. The summed E-state index contributed by atoms with van der Waals surface area (Å²) in [5.41, 5.74) is 1.02. The van der Waals surface area contributed by atoms with Crippen LogP contribution in [0.15, 0.2) is 11.6 Å². The third-order valence-electron chi connectivity index (χ3n) is 3.03. The fourth-order valence-corrected chi connectivity index (χ4v) is 1.54. The van der Waals surface area contributed by atoms with Gasteiger partial charge in [-0.1, -0.05) is 33.8 Å². The summed E-state index contributed by atoms with van der Waals surface area (Å²) in [6.07, 6.45) is 2.45. The molecular formula is C15H26O3. The number of carbonyl (C=O) groups is 2. The van der Waals surface area contributed by atoms with E-state index in [2.05, 4.69) is 19.9 Å². The van der Waals surface area contributed by atoms with Crippen LogP contribution < -0.4 is 0 Å². The van der Waals surface area contributed by atoms with Crippen LogP contribution in [0.1, 0.15) is 54.4 Å². The zero-order chi connectivity index (χ0) is 14.3. The Labute approximate surface area is 111 Å². The van der Waals surface area contributed by atoms with Crippen LogP contribution in [0, 0.1) is 11.8 Å². The molecule has 3 heteroatoms. The largest absolute Gasteiger partial charge is 0.458 e. The van der Waals surface area contributed by atoms with Crippen molar-refractivity contribution >= 4 is 11.8 Å². The molecule has 0 heterocycles. The predicted octanol–water partition coefficient (Wildman–Crippen LogP) is 3.53. The number of ether oxygens (including phenoxy) is 1. The molecule has 0 saturated heterocycles. The Morgan fingerprint density at radius 2 is 1.72 bits per heavy atom. The van der Waals surface area contributed by atoms with Crippen molar-refractivity contribution < 1.29 is 14.3 Å². The van der Waals surface area contributed by atoms with Gasteiger partial charge in [-0.05, 0) is 31.8 Å². The standard InChI is InChI=1S/C15H26O3/c1-7-11(4)14(16)9-15(17)18-13(6)12(5)8-10(2)3/h8,10-11,13H,7,9H2,1-6H3/b12-8+. The summed E-state index contributed by atoms with van der Waals surface area (Å²) in [4.78, 5) is 23.2. The van der Waals surface area contributed by atoms with Gasteiger partial charge >= 0.3 is 5.97 Å². The number of rotatable bonds is 7. The number of hydrogen-bond donors (Lipinski definition) is 0. The van der Waals surface area contributed by atoms with E-state index in [1.54, 1.807) is 0 Å². The van der Waals surface area contributed by atoms with E-state index in [0.717, 1.165) is 12.0 Å². The Kier molecular flexibility index (Phi) is 7.56. The summed E-state index contributed by atoms with van der Waals surface area (Å²) in [6.45, 7) is 11.7. The van der Waals surface area contributed by atoms with Crippen LogP contribution in [0.3, 0.4) is 0 Å². The number of carbonyl (C=O) groups excluding carboxylic acids is 2. The maximum atomic E-state index is 11.6. The monoisotopic (exact) mass is 254 g/mol. The van der Waals surface area contributed by atoms with Crippen molar-refractivity contribution in [2.45, 2.75) is 60.5 Å². The van der Waals surface area contributed by atoms with Crippen LogP contribution >= 0.6 is 0 Å². The number of Topliss-reactive ketones (excluding diaryl/α,β-unsaturated/α-hetero) is 1. The highest BCUT2D eigenvalue weighted by Crippen LogP contribution is 2.12. The minimum Gasteiger partial charge on any atom is -0.458 e. The molecule has 0 aliphatic rings. The smallest absolute Gasteiger partial charge is 0.313 e.